The molecule has 1 atom stereocenters. The van der Waals surface area contributed by atoms with Crippen molar-refractivity contribution in [3.63, 3.8) is 0 Å². The Morgan fingerprint density at radius 3 is 1.86 bits per heavy atom. The molecule has 0 aromatic heterocycles. The Kier molecular flexibility index (Phi) is 10.0. The number of halogens is 9. The summed E-state index contributed by atoms with van der Waals surface area (Å²) < 4.78 is 132. The molecule has 0 aliphatic heterocycles. The quantitative estimate of drug-likeness (QED) is 0.205. The normalized spacial score (nSPS) is 14.8. The van der Waals surface area contributed by atoms with Crippen molar-refractivity contribution in [2.45, 2.75) is 57.2 Å². The third kappa shape index (κ3) is 8.00. The van der Waals surface area contributed by atoms with E-state index in [-0.39, 0.29) is 6.42 Å². The monoisotopic (exact) mass is 526 g/mol. The summed E-state index contributed by atoms with van der Waals surface area (Å²) in [5, 5.41) is 0. The summed E-state index contributed by atoms with van der Waals surface area (Å²) in [6, 6.07) is 3.97. The minimum absolute atomic E-state index is 0.0154. The van der Waals surface area contributed by atoms with Crippen molar-refractivity contribution in [2.24, 2.45) is 5.41 Å². The number of carbonyl (C=O) groups is 2. The molecule has 0 saturated carbocycles. The van der Waals surface area contributed by atoms with Gasteiger partial charge in [0.1, 0.15) is 6.61 Å². The van der Waals surface area contributed by atoms with Gasteiger partial charge in [0.15, 0.2) is 0 Å². The van der Waals surface area contributed by atoms with E-state index in [4.69, 9.17) is 9.47 Å². The topological polar surface area (TPSA) is 61.8 Å². The van der Waals surface area contributed by atoms with Crippen molar-refractivity contribution in [3.8, 4) is 0 Å². The van der Waals surface area contributed by atoms with Crippen LogP contribution in [0.25, 0.3) is 0 Å². The Bertz CT molecular complexity index is 820. The molecule has 14 heteroatoms. The van der Waals surface area contributed by atoms with Crippen molar-refractivity contribution in [2.75, 3.05) is 19.8 Å². The highest BCUT2D eigenvalue weighted by Gasteiger charge is 2.75. The fourth-order valence-electron chi connectivity index (χ4n) is 2.75. The molecule has 0 aliphatic carbocycles. The lowest BCUT2D eigenvalue weighted by Gasteiger charge is -2.36. The number of rotatable bonds is 11. The summed E-state index contributed by atoms with van der Waals surface area (Å²) in [5.41, 5.74) is -7.80. The maximum absolute atomic E-state index is 13.6. The summed E-state index contributed by atoms with van der Waals surface area (Å²) in [6.45, 7) is 0.576. The van der Waals surface area contributed by atoms with E-state index in [2.05, 4.69) is 4.74 Å². The van der Waals surface area contributed by atoms with Gasteiger partial charge in [-0.25, -0.2) is 0 Å². The summed E-state index contributed by atoms with van der Waals surface area (Å²) in [5.74, 6) is -3.02. The zero-order valence-electron chi connectivity index (χ0n) is 18.6. The molecular formula is C21H23F9O5. The number of esters is 2. The van der Waals surface area contributed by atoms with E-state index >= 15 is 0 Å². The second kappa shape index (κ2) is 11.5. The van der Waals surface area contributed by atoms with Gasteiger partial charge in [-0.1, -0.05) is 37.3 Å². The molecule has 1 aromatic carbocycles. The highest BCUT2D eigenvalue weighted by atomic mass is 19.4. The van der Waals surface area contributed by atoms with Crippen LogP contribution in [0.3, 0.4) is 0 Å². The molecule has 200 valence electrons. The number of ether oxygens (including phenoxy) is 3. The van der Waals surface area contributed by atoms with Gasteiger partial charge < -0.3 is 14.2 Å². The first kappa shape index (κ1) is 30.5. The van der Waals surface area contributed by atoms with E-state index in [1.165, 1.54) is 19.9 Å². The van der Waals surface area contributed by atoms with Crippen LogP contribution in [0, 0.1) is 5.41 Å². The average Bonchev–Trinajstić information content (AvgIpc) is 2.73. The third-order valence-corrected chi connectivity index (χ3v) is 5.01. The van der Waals surface area contributed by atoms with E-state index in [0.29, 0.717) is 12.1 Å². The van der Waals surface area contributed by atoms with Crippen LogP contribution in [0.1, 0.15) is 38.7 Å². The van der Waals surface area contributed by atoms with Crippen molar-refractivity contribution < 1.29 is 63.3 Å². The SMILES string of the molecule is CCC(C)(COCCC(F)(F)F)C(=O)OCCC(=O)OC(c1ccccc1)(C(F)(F)F)C(F)(F)F. The van der Waals surface area contributed by atoms with Crippen molar-refractivity contribution in [3.05, 3.63) is 35.9 Å². The van der Waals surface area contributed by atoms with Gasteiger partial charge >= 0.3 is 36.1 Å². The van der Waals surface area contributed by atoms with E-state index in [1.807, 2.05) is 0 Å². The predicted molar refractivity (Wildman–Crippen MR) is 102 cm³/mol. The van der Waals surface area contributed by atoms with Crippen LogP contribution < -0.4 is 0 Å². The second-order valence-electron chi connectivity index (χ2n) is 7.73. The zero-order valence-corrected chi connectivity index (χ0v) is 18.6. The Morgan fingerprint density at radius 1 is 0.857 bits per heavy atom. The first-order chi connectivity index (χ1) is 15.9. The molecule has 0 amide bonds. The summed E-state index contributed by atoms with van der Waals surface area (Å²) in [4.78, 5) is 24.2. The van der Waals surface area contributed by atoms with E-state index in [9.17, 15) is 49.1 Å². The molecule has 0 fully saturated rings. The minimum Gasteiger partial charge on any atom is -0.465 e. The third-order valence-electron chi connectivity index (χ3n) is 5.01. The predicted octanol–water partition coefficient (Wildman–Crippen LogP) is 5.87. The van der Waals surface area contributed by atoms with Gasteiger partial charge in [-0.3, -0.25) is 9.59 Å². The van der Waals surface area contributed by atoms with Gasteiger partial charge in [0.25, 0.3) is 0 Å². The largest absolute Gasteiger partial charge is 0.465 e. The Hall–Kier alpha value is -2.51. The van der Waals surface area contributed by atoms with Crippen LogP contribution in [0.2, 0.25) is 0 Å². The van der Waals surface area contributed by atoms with E-state index < -0.39 is 79.7 Å². The van der Waals surface area contributed by atoms with Crippen LogP contribution in [0.15, 0.2) is 30.3 Å². The minimum atomic E-state index is -6.08. The maximum atomic E-state index is 13.6. The summed E-state index contributed by atoms with van der Waals surface area (Å²) in [7, 11) is 0. The van der Waals surface area contributed by atoms with Crippen molar-refractivity contribution in [1.29, 1.82) is 0 Å². The number of alkyl halides is 9. The molecular weight excluding hydrogens is 503 g/mol. The van der Waals surface area contributed by atoms with Crippen molar-refractivity contribution >= 4 is 11.9 Å². The lowest BCUT2D eigenvalue weighted by Crippen LogP contribution is -2.57. The molecule has 5 nitrogen and oxygen atoms in total. The number of hydrogen-bond donors (Lipinski definition) is 0. The lowest BCUT2D eigenvalue weighted by atomic mass is 9.89. The molecule has 0 spiro atoms. The molecule has 1 aromatic rings. The second-order valence-corrected chi connectivity index (χ2v) is 7.73. The highest BCUT2D eigenvalue weighted by Crippen LogP contribution is 2.53. The van der Waals surface area contributed by atoms with Gasteiger partial charge in [0.05, 0.1) is 31.5 Å². The summed E-state index contributed by atoms with van der Waals surface area (Å²) in [6.07, 6.45) is -19.0. The van der Waals surface area contributed by atoms with Crippen LogP contribution in [0.4, 0.5) is 39.5 Å². The summed E-state index contributed by atoms with van der Waals surface area (Å²) >= 11 is 0. The van der Waals surface area contributed by atoms with Gasteiger partial charge in [-0.2, -0.15) is 39.5 Å². The smallest absolute Gasteiger partial charge is 0.442 e. The number of hydrogen-bond acceptors (Lipinski definition) is 5. The molecule has 0 radical (unpaired) electrons. The number of benzene rings is 1. The fraction of sp³-hybridized carbons (Fsp3) is 0.619. The molecule has 0 saturated heterocycles. The van der Waals surface area contributed by atoms with Crippen LogP contribution >= 0.6 is 0 Å². The molecule has 35 heavy (non-hydrogen) atoms. The van der Waals surface area contributed by atoms with Crippen LogP contribution in [-0.2, 0) is 29.4 Å². The maximum Gasteiger partial charge on any atom is 0.442 e. The van der Waals surface area contributed by atoms with Gasteiger partial charge in [0, 0.05) is 5.56 Å². The standard InChI is InChI=1S/C21H23F9O5/c1-3-17(2,13-33-12-10-18(22,23)24)16(32)34-11-9-15(31)35-19(20(25,26)27,21(28,29)30)14-7-5-4-6-8-14/h4-8H,3,9-13H2,1-2H3. The molecule has 0 bridgehead atoms. The molecule has 1 rings (SSSR count). The van der Waals surface area contributed by atoms with Gasteiger partial charge in [-0.05, 0) is 13.3 Å². The lowest BCUT2D eigenvalue weighted by molar-refractivity contribution is -0.377. The first-order valence-electron chi connectivity index (χ1n) is 10.1. The highest BCUT2D eigenvalue weighted by molar-refractivity contribution is 5.77. The molecule has 0 aliphatic rings. The first-order valence-corrected chi connectivity index (χ1v) is 10.1. The fourth-order valence-corrected chi connectivity index (χ4v) is 2.75. The Labute approximate surface area is 194 Å². The molecule has 0 heterocycles. The molecule has 0 N–H and O–H groups in total. The van der Waals surface area contributed by atoms with Gasteiger partial charge in [0.2, 0.25) is 0 Å². The Morgan fingerprint density at radius 2 is 1.40 bits per heavy atom. The molecule has 1 unspecified atom stereocenters. The van der Waals surface area contributed by atoms with Gasteiger partial charge in [-0.15, -0.1) is 0 Å². The zero-order chi connectivity index (χ0) is 27.1. The van der Waals surface area contributed by atoms with Crippen LogP contribution in [0.5, 0.6) is 0 Å². The van der Waals surface area contributed by atoms with Crippen LogP contribution in [-0.4, -0.2) is 50.3 Å². The number of carbonyl (C=O) groups excluding carboxylic acids is 2. The Balaban J connectivity index is 2.86. The van der Waals surface area contributed by atoms with Crippen molar-refractivity contribution in [1.82, 2.24) is 0 Å². The van der Waals surface area contributed by atoms with E-state index in [1.54, 1.807) is 0 Å². The van der Waals surface area contributed by atoms with E-state index in [0.717, 1.165) is 12.1 Å². The average molecular weight is 526 g/mol.